The van der Waals surface area contributed by atoms with E-state index >= 15 is 0 Å². The lowest BCUT2D eigenvalue weighted by atomic mass is 11.8. The molecule has 0 aromatic heterocycles. The van der Waals surface area contributed by atoms with Crippen LogP contribution in [0, 0.1) is 0 Å². The van der Waals surface area contributed by atoms with Gasteiger partial charge in [0, 0.05) is 0 Å². The summed E-state index contributed by atoms with van der Waals surface area (Å²) < 4.78 is 0. The minimum Gasteiger partial charge on any atom is -0.168 e. The minimum atomic E-state index is -1.14. The van der Waals surface area contributed by atoms with Crippen molar-refractivity contribution in [1.82, 2.24) is 0 Å². The quantitative estimate of drug-likeness (QED) is 0.344. The van der Waals surface area contributed by atoms with Gasteiger partial charge in [-0.05, 0) is 0 Å². The summed E-state index contributed by atoms with van der Waals surface area (Å²) in [5.41, 5.74) is 0. The third kappa shape index (κ3) is 216. The summed E-state index contributed by atoms with van der Waals surface area (Å²) in [6.07, 6.45) is 0. The Morgan fingerprint density at radius 2 is 1.17 bits per heavy atom. The largest absolute Gasteiger partial charge is 0.168 e. The summed E-state index contributed by atoms with van der Waals surface area (Å²) in [6, 6.07) is 0. The maximum absolute atomic E-state index is 5.67. The van der Waals surface area contributed by atoms with Crippen LogP contribution < -0.4 is 0 Å². The van der Waals surface area contributed by atoms with Crippen molar-refractivity contribution >= 4 is 18.5 Å². The zero-order valence-corrected chi connectivity index (χ0v) is 5.63. The molecule has 0 atom stereocenters. The first-order chi connectivity index (χ1) is 2.00. The molecule has 0 aromatic carbocycles. The Bertz CT molecular complexity index is 23.0. The number of halogens is 1. The Morgan fingerprint density at radius 1 is 1.17 bits per heavy atom. The van der Waals surface area contributed by atoms with Gasteiger partial charge in [-0.15, -0.1) is 0 Å². The lowest BCUT2D eigenvalue weighted by molar-refractivity contribution is 1.87. The third-order valence-corrected chi connectivity index (χ3v) is 0. The van der Waals surface area contributed by atoms with E-state index in [1.165, 1.54) is 0 Å². The minimum absolute atomic E-state index is 0. The van der Waals surface area contributed by atoms with Crippen LogP contribution in [0.1, 0.15) is 7.43 Å². The van der Waals surface area contributed by atoms with E-state index in [4.69, 9.17) is 11.1 Å². The van der Waals surface area contributed by atoms with Crippen molar-refractivity contribution in [1.29, 1.82) is 0 Å². The summed E-state index contributed by atoms with van der Waals surface area (Å²) in [5, 5.41) is 0. The molecule has 0 saturated heterocycles. The third-order valence-electron chi connectivity index (χ3n) is 0. The topological polar surface area (TPSA) is 0 Å². The van der Waals surface area contributed by atoms with Crippen molar-refractivity contribution in [3.63, 3.8) is 0 Å². The van der Waals surface area contributed by atoms with Crippen molar-refractivity contribution in [2.45, 2.75) is 27.1 Å². The molecule has 0 fully saturated rings. The Kier molecular flexibility index (Phi) is 4.28. The normalized spacial score (nSPS) is 10.0. The van der Waals surface area contributed by atoms with Gasteiger partial charge in [-0.2, -0.15) is 11.1 Å². The van der Waals surface area contributed by atoms with E-state index < -0.39 is 7.38 Å². The Labute approximate surface area is 46.2 Å². The molecule has 0 unspecified atom stereocenters. The first kappa shape index (κ1) is 9.71. The Hall–Kier alpha value is 0.507. The first-order valence-corrected chi connectivity index (χ1v) is 6.20. The van der Waals surface area contributed by atoms with Crippen LogP contribution in [0.3, 0.4) is 0 Å². The molecule has 0 aliphatic heterocycles. The van der Waals surface area contributed by atoms with E-state index in [9.17, 15) is 0 Å². The van der Waals surface area contributed by atoms with Crippen LogP contribution in [0.15, 0.2) is 0 Å². The van der Waals surface area contributed by atoms with Crippen molar-refractivity contribution in [2.24, 2.45) is 0 Å². The van der Waals surface area contributed by atoms with E-state index in [-0.39, 0.29) is 7.43 Å². The van der Waals surface area contributed by atoms with Gasteiger partial charge in [0.05, 0.1) is 0 Å². The van der Waals surface area contributed by atoms with Crippen LogP contribution in [-0.2, 0) is 0 Å². The van der Waals surface area contributed by atoms with E-state index in [1.54, 1.807) is 0 Å². The molecule has 0 aromatic rings. The molecule has 0 heterocycles. The Morgan fingerprint density at radius 3 is 1.17 bits per heavy atom. The fourth-order valence-corrected chi connectivity index (χ4v) is 0. The van der Waals surface area contributed by atoms with Gasteiger partial charge in [0.25, 0.3) is 0 Å². The molecule has 0 amide bonds. The van der Waals surface area contributed by atoms with Gasteiger partial charge in [0.1, 0.15) is 7.38 Å². The fraction of sp³-hybridized carbons (Fsp3) is 1.00. The number of rotatable bonds is 0. The summed E-state index contributed by atoms with van der Waals surface area (Å²) in [6.45, 7) is 6.28. The van der Waals surface area contributed by atoms with Gasteiger partial charge in [-0.3, -0.25) is 0 Å². The molecule has 0 N–H and O–H groups in total. The number of hydrogen-bond acceptors (Lipinski definition) is 0. The highest BCUT2D eigenvalue weighted by molar-refractivity contribution is 7.18. The SMILES string of the molecule is C.C[Si](C)(C)Cl. The molecule has 0 rings (SSSR count). The summed E-state index contributed by atoms with van der Waals surface area (Å²) >= 11 is 5.67. The second-order valence-electron chi connectivity index (χ2n) is 2.07. The van der Waals surface area contributed by atoms with Gasteiger partial charge in [0.15, 0.2) is 0 Å². The van der Waals surface area contributed by atoms with Crippen molar-refractivity contribution < 1.29 is 0 Å². The highest BCUT2D eigenvalue weighted by Gasteiger charge is 2.04. The fourth-order valence-electron chi connectivity index (χ4n) is 0. The number of hydrogen-bond donors (Lipinski definition) is 0. The molecule has 0 nitrogen and oxygen atoms in total. The summed E-state index contributed by atoms with van der Waals surface area (Å²) in [7, 11) is -1.14. The van der Waals surface area contributed by atoms with Crippen molar-refractivity contribution in [2.75, 3.05) is 0 Å². The monoisotopic (exact) mass is 124 g/mol. The molecule has 40 valence electrons. The van der Waals surface area contributed by atoms with E-state index in [1.807, 2.05) is 0 Å². The van der Waals surface area contributed by atoms with Crippen LogP contribution in [0.2, 0.25) is 19.6 Å². The molecule has 0 aliphatic rings. The zero-order valence-electron chi connectivity index (χ0n) is 3.88. The maximum atomic E-state index is 5.67. The first-order valence-electron chi connectivity index (χ1n) is 1.69. The smallest absolute Gasteiger partial charge is 0.147 e. The predicted molar refractivity (Wildman–Crippen MR) is 35.9 cm³/mol. The molecule has 0 aliphatic carbocycles. The van der Waals surface area contributed by atoms with Gasteiger partial charge >= 0.3 is 0 Å². The molecule has 0 spiro atoms. The van der Waals surface area contributed by atoms with Gasteiger partial charge in [0.2, 0.25) is 0 Å². The highest BCUT2D eigenvalue weighted by Crippen LogP contribution is 2.03. The van der Waals surface area contributed by atoms with Crippen molar-refractivity contribution in [3.05, 3.63) is 0 Å². The standard InChI is InChI=1S/C3H9ClSi.CH4/c1-5(2,3)4;/h1-3H3;1H4. The molecule has 2 heteroatoms. The van der Waals surface area contributed by atoms with Gasteiger partial charge in [-0.25, -0.2) is 0 Å². The van der Waals surface area contributed by atoms with Crippen LogP contribution in [0.25, 0.3) is 0 Å². The second kappa shape index (κ2) is 2.64. The highest BCUT2D eigenvalue weighted by atomic mass is 35.6. The summed E-state index contributed by atoms with van der Waals surface area (Å²) in [5.74, 6) is 0. The Balaban J connectivity index is 0. The van der Waals surface area contributed by atoms with Crippen LogP contribution in [0.4, 0.5) is 0 Å². The molecule has 6 heavy (non-hydrogen) atoms. The van der Waals surface area contributed by atoms with E-state index in [2.05, 4.69) is 19.6 Å². The molecular weight excluding hydrogens is 112 g/mol. The molecule has 0 bridgehead atoms. The zero-order chi connectivity index (χ0) is 4.50. The lowest BCUT2D eigenvalue weighted by Gasteiger charge is -1.97. The molecule has 0 radical (unpaired) electrons. The second-order valence-corrected chi connectivity index (χ2v) is 9.60. The van der Waals surface area contributed by atoms with E-state index in [0.29, 0.717) is 0 Å². The summed E-state index contributed by atoms with van der Waals surface area (Å²) in [4.78, 5) is 0. The van der Waals surface area contributed by atoms with E-state index in [0.717, 1.165) is 0 Å². The maximum Gasteiger partial charge on any atom is 0.147 e. The predicted octanol–water partition coefficient (Wildman–Crippen LogP) is 2.70. The lowest BCUT2D eigenvalue weighted by Crippen LogP contribution is -2.06. The van der Waals surface area contributed by atoms with Crippen LogP contribution in [-0.4, -0.2) is 7.38 Å². The van der Waals surface area contributed by atoms with Gasteiger partial charge in [-0.1, -0.05) is 27.1 Å². The van der Waals surface area contributed by atoms with Gasteiger partial charge < -0.3 is 0 Å². The molecular formula is C4H13ClSi. The van der Waals surface area contributed by atoms with Crippen molar-refractivity contribution in [3.8, 4) is 0 Å². The average molecular weight is 125 g/mol. The van der Waals surface area contributed by atoms with Crippen LogP contribution >= 0.6 is 11.1 Å². The van der Waals surface area contributed by atoms with Crippen LogP contribution in [0.5, 0.6) is 0 Å². The average Bonchev–Trinajstić information content (AvgIpc) is 0.722. The molecule has 0 saturated carbocycles.